The van der Waals surface area contributed by atoms with Crippen LogP contribution in [0.3, 0.4) is 0 Å². The number of aryl methyl sites for hydroxylation is 3. The molecular weight excluding hydrogens is 468 g/mol. The summed E-state index contributed by atoms with van der Waals surface area (Å²) in [6.45, 7) is 5.82. The lowest BCUT2D eigenvalue weighted by Crippen LogP contribution is -2.43. The zero-order chi connectivity index (χ0) is 24.0. The largest absolute Gasteiger partial charge is 0.323 e. The number of fused-ring (bicyclic) bond motifs is 2. The van der Waals surface area contributed by atoms with Crippen molar-refractivity contribution < 1.29 is 9.59 Å². The molecule has 172 valence electrons. The first kappa shape index (κ1) is 22.4. The van der Waals surface area contributed by atoms with Crippen molar-refractivity contribution in [2.75, 3.05) is 22.5 Å². The second-order valence-corrected chi connectivity index (χ2v) is 10.3. The van der Waals surface area contributed by atoms with E-state index in [1.807, 2.05) is 63.2 Å². The maximum Gasteiger partial charge on any atom is 0.267 e. The predicted molar refractivity (Wildman–Crippen MR) is 138 cm³/mol. The summed E-state index contributed by atoms with van der Waals surface area (Å²) in [7, 11) is 0. The molecule has 0 bridgehead atoms. The maximum absolute atomic E-state index is 13.7. The molecule has 1 aliphatic heterocycles. The van der Waals surface area contributed by atoms with E-state index in [1.165, 1.54) is 28.0 Å². The number of aromatic nitrogens is 2. The van der Waals surface area contributed by atoms with Crippen molar-refractivity contribution in [3.63, 3.8) is 0 Å². The van der Waals surface area contributed by atoms with Crippen molar-refractivity contribution in [1.29, 1.82) is 0 Å². The molecule has 0 saturated heterocycles. The first-order valence-corrected chi connectivity index (χ1v) is 12.6. The molecule has 0 atom stereocenters. The zero-order valence-electron chi connectivity index (χ0n) is 18.9. The Morgan fingerprint density at radius 3 is 2.53 bits per heavy atom. The Morgan fingerprint density at radius 2 is 1.76 bits per heavy atom. The van der Waals surface area contributed by atoms with Gasteiger partial charge in [0.25, 0.3) is 5.56 Å². The Kier molecular flexibility index (Phi) is 5.75. The first-order valence-electron chi connectivity index (χ1n) is 10.8. The van der Waals surface area contributed by atoms with E-state index in [4.69, 9.17) is 4.98 Å². The van der Waals surface area contributed by atoms with E-state index in [0.717, 1.165) is 21.7 Å². The van der Waals surface area contributed by atoms with E-state index in [9.17, 15) is 14.4 Å². The summed E-state index contributed by atoms with van der Waals surface area (Å²) in [4.78, 5) is 47.0. The van der Waals surface area contributed by atoms with E-state index in [2.05, 4.69) is 5.32 Å². The highest BCUT2D eigenvalue weighted by Gasteiger charge is 2.27. The van der Waals surface area contributed by atoms with Crippen LogP contribution in [0, 0.1) is 20.8 Å². The highest BCUT2D eigenvalue weighted by molar-refractivity contribution is 7.99. The number of anilines is 2. The summed E-state index contributed by atoms with van der Waals surface area (Å²) in [5.74, 6) is -0.427. The van der Waals surface area contributed by atoms with Gasteiger partial charge >= 0.3 is 0 Å². The van der Waals surface area contributed by atoms with Gasteiger partial charge in [0.15, 0.2) is 5.16 Å². The number of thioether (sulfide) groups is 1. The summed E-state index contributed by atoms with van der Waals surface area (Å²) < 4.78 is 1.60. The Hall–Kier alpha value is -3.43. The zero-order valence-corrected chi connectivity index (χ0v) is 20.5. The minimum Gasteiger partial charge on any atom is -0.323 e. The van der Waals surface area contributed by atoms with Crippen LogP contribution in [-0.2, 0) is 9.59 Å². The van der Waals surface area contributed by atoms with Gasteiger partial charge in [-0.2, -0.15) is 0 Å². The molecule has 1 N–H and O–H groups in total. The normalized spacial score (nSPS) is 13.1. The number of hydrogen-bond acceptors (Lipinski definition) is 6. The monoisotopic (exact) mass is 490 g/mol. The number of thiophene rings is 1. The lowest BCUT2D eigenvalue weighted by molar-refractivity contribution is -0.120. The van der Waals surface area contributed by atoms with Crippen LogP contribution in [0.1, 0.15) is 16.0 Å². The minimum absolute atomic E-state index is 0.0365. The second kappa shape index (κ2) is 8.73. The number of nitrogens with zero attached hydrogens (tertiary/aromatic N) is 3. The number of carbonyl (C=O) groups excluding carboxylic acids is 2. The van der Waals surface area contributed by atoms with Crippen molar-refractivity contribution in [1.82, 2.24) is 9.55 Å². The van der Waals surface area contributed by atoms with Crippen LogP contribution < -0.4 is 15.8 Å². The van der Waals surface area contributed by atoms with Gasteiger partial charge in [0.1, 0.15) is 11.4 Å². The maximum atomic E-state index is 13.7. The number of hydrogen-bond donors (Lipinski definition) is 1. The Morgan fingerprint density at radius 1 is 1.06 bits per heavy atom. The van der Waals surface area contributed by atoms with E-state index in [0.29, 0.717) is 26.7 Å². The van der Waals surface area contributed by atoms with E-state index < -0.39 is 0 Å². The van der Waals surface area contributed by atoms with E-state index >= 15 is 0 Å². The fourth-order valence-electron chi connectivity index (χ4n) is 4.06. The number of para-hydroxylation sites is 3. The Bertz CT molecular complexity index is 1520. The van der Waals surface area contributed by atoms with Crippen molar-refractivity contribution in [2.45, 2.75) is 25.9 Å². The standard InChI is InChI=1S/C25H22N4O3S2/c1-14-8-4-6-10-18(14)29-24(32)22-15(2)16(3)34-23(22)27-25(29)33-13-21(31)28-12-20(30)26-17-9-5-7-11-19(17)28/h4-11H,12-13H2,1-3H3,(H,26,30). The minimum atomic E-state index is -0.238. The van der Waals surface area contributed by atoms with Gasteiger partial charge in [-0.1, -0.05) is 42.1 Å². The van der Waals surface area contributed by atoms with Crippen molar-refractivity contribution in [2.24, 2.45) is 0 Å². The molecule has 2 amide bonds. The van der Waals surface area contributed by atoms with Crippen LogP contribution >= 0.6 is 23.1 Å². The fraction of sp³-hybridized carbons (Fsp3) is 0.200. The Balaban J connectivity index is 1.55. The number of carbonyl (C=O) groups is 2. The third-order valence-electron chi connectivity index (χ3n) is 5.92. The highest BCUT2D eigenvalue weighted by atomic mass is 32.2. The van der Waals surface area contributed by atoms with Gasteiger partial charge in [-0.05, 0) is 50.1 Å². The fourth-order valence-corrected chi connectivity index (χ4v) is 6.01. The van der Waals surface area contributed by atoms with Gasteiger partial charge in [-0.3, -0.25) is 19.0 Å². The van der Waals surface area contributed by atoms with Crippen LogP contribution in [-0.4, -0.2) is 33.7 Å². The quantitative estimate of drug-likeness (QED) is 0.338. The summed E-state index contributed by atoms with van der Waals surface area (Å²) in [6, 6.07) is 14.9. The molecular formula is C25H22N4O3S2. The topological polar surface area (TPSA) is 84.3 Å². The van der Waals surface area contributed by atoms with Gasteiger partial charge in [0, 0.05) is 4.88 Å². The lowest BCUT2D eigenvalue weighted by atomic mass is 10.2. The molecule has 0 unspecified atom stereocenters. The molecule has 4 aromatic rings. The van der Waals surface area contributed by atoms with Crippen LogP contribution in [0.15, 0.2) is 58.5 Å². The molecule has 0 aliphatic carbocycles. The summed E-state index contributed by atoms with van der Waals surface area (Å²) in [6.07, 6.45) is 0. The molecule has 0 saturated carbocycles. The molecule has 34 heavy (non-hydrogen) atoms. The molecule has 9 heteroatoms. The van der Waals surface area contributed by atoms with Crippen LogP contribution in [0.25, 0.3) is 15.9 Å². The number of benzene rings is 2. The summed E-state index contributed by atoms with van der Waals surface area (Å²) in [5, 5.41) is 3.86. The Labute approximate surface area is 204 Å². The van der Waals surface area contributed by atoms with Crippen molar-refractivity contribution in [3.8, 4) is 5.69 Å². The number of amides is 2. The molecule has 3 heterocycles. The lowest BCUT2D eigenvalue weighted by Gasteiger charge is -2.29. The predicted octanol–water partition coefficient (Wildman–Crippen LogP) is 4.45. The highest BCUT2D eigenvalue weighted by Crippen LogP contribution is 2.32. The van der Waals surface area contributed by atoms with Crippen LogP contribution in [0.4, 0.5) is 11.4 Å². The molecule has 0 radical (unpaired) electrons. The van der Waals surface area contributed by atoms with Crippen LogP contribution in [0.5, 0.6) is 0 Å². The first-order chi connectivity index (χ1) is 16.3. The third-order valence-corrected chi connectivity index (χ3v) is 7.95. The molecule has 2 aromatic carbocycles. The molecule has 0 fully saturated rings. The SMILES string of the molecule is Cc1ccccc1-n1c(SCC(=O)N2CC(=O)Nc3ccccc32)nc2sc(C)c(C)c2c1=O. The summed E-state index contributed by atoms with van der Waals surface area (Å²) >= 11 is 2.69. The number of rotatable bonds is 4. The van der Waals surface area contributed by atoms with Crippen molar-refractivity contribution in [3.05, 3.63) is 74.9 Å². The second-order valence-electron chi connectivity index (χ2n) is 8.12. The van der Waals surface area contributed by atoms with Crippen molar-refractivity contribution >= 4 is 56.5 Å². The molecule has 2 aromatic heterocycles. The van der Waals surface area contributed by atoms with Gasteiger partial charge in [-0.25, -0.2) is 4.98 Å². The smallest absolute Gasteiger partial charge is 0.267 e. The average Bonchev–Trinajstić information content (AvgIpc) is 3.11. The van der Waals surface area contributed by atoms with Crippen LogP contribution in [0.2, 0.25) is 0 Å². The van der Waals surface area contributed by atoms with Gasteiger partial charge in [-0.15, -0.1) is 11.3 Å². The third kappa shape index (κ3) is 3.80. The van der Waals surface area contributed by atoms with Gasteiger partial charge < -0.3 is 10.2 Å². The van der Waals surface area contributed by atoms with E-state index in [1.54, 1.807) is 10.6 Å². The summed E-state index contributed by atoms with van der Waals surface area (Å²) in [5.41, 5.74) is 3.74. The molecule has 7 nitrogen and oxygen atoms in total. The average molecular weight is 491 g/mol. The van der Waals surface area contributed by atoms with Gasteiger partial charge in [0.05, 0.1) is 28.2 Å². The molecule has 0 spiro atoms. The van der Waals surface area contributed by atoms with E-state index in [-0.39, 0.29) is 29.7 Å². The van der Waals surface area contributed by atoms with Gasteiger partial charge in [0.2, 0.25) is 11.8 Å². The number of nitrogens with one attached hydrogen (secondary N) is 1. The molecule has 5 rings (SSSR count). The molecule has 1 aliphatic rings.